The zero-order valence-electron chi connectivity index (χ0n) is 15.0. The molecule has 0 saturated carbocycles. The van der Waals surface area contributed by atoms with Crippen LogP contribution < -0.4 is 5.32 Å². The standard InChI is InChI=1S/C18H18Br2N4O2S/c1-5-14(26-4)12(19)6-7-24(10-21-2)18(25)15-8-11-16(22-3)13(20)9-23-17(11)27-15/h5-10H,1H2,2-4H3,(H,22,23)/b7-6+,14-12-,21-10?. The molecule has 2 heterocycles. The van der Waals surface area contributed by atoms with Gasteiger partial charge in [0, 0.05) is 31.9 Å². The molecule has 0 aliphatic carbocycles. The first-order chi connectivity index (χ1) is 13.0. The molecular weight excluding hydrogens is 496 g/mol. The van der Waals surface area contributed by atoms with E-state index >= 15 is 0 Å². The van der Waals surface area contributed by atoms with Gasteiger partial charge in [-0.15, -0.1) is 11.3 Å². The predicted octanol–water partition coefficient (Wildman–Crippen LogP) is 5.15. The molecule has 0 atom stereocenters. The zero-order valence-corrected chi connectivity index (χ0v) is 19.0. The number of allylic oxidation sites excluding steroid dienone is 3. The molecule has 0 aliphatic rings. The Labute approximate surface area is 178 Å². The van der Waals surface area contributed by atoms with Gasteiger partial charge in [-0.2, -0.15) is 0 Å². The number of fused-ring (bicyclic) bond motifs is 1. The van der Waals surface area contributed by atoms with Gasteiger partial charge in [-0.05, 0) is 50.1 Å². The Hall–Kier alpha value is -1.97. The Balaban J connectivity index is 2.41. The highest BCUT2D eigenvalue weighted by molar-refractivity contribution is 9.12. The number of aliphatic imine (C=N–C) groups is 1. The lowest BCUT2D eigenvalue weighted by atomic mass is 10.2. The summed E-state index contributed by atoms with van der Waals surface area (Å²) < 4.78 is 6.68. The van der Waals surface area contributed by atoms with Crippen LogP contribution in [0, 0.1) is 0 Å². The third-order valence-electron chi connectivity index (χ3n) is 3.47. The fourth-order valence-electron chi connectivity index (χ4n) is 2.24. The summed E-state index contributed by atoms with van der Waals surface area (Å²) in [5, 5.41) is 4.01. The van der Waals surface area contributed by atoms with Gasteiger partial charge in [0.05, 0.1) is 33.0 Å². The number of anilines is 1. The van der Waals surface area contributed by atoms with Crippen molar-refractivity contribution >= 4 is 71.3 Å². The number of ether oxygens (including phenoxy) is 1. The van der Waals surface area contributed by atoms with Crippen molar-refractivity contribution < 1.29 is 9.53 Å². The first-order valence-corrected chi connectivity index (χ1v) is 10.1. The summed E-state index contributed by atoms with van der Waals surface area (Å²) in [5.74, 6) is 0.345. The van der Waals surface area contributed by atoms with E-state index < -0.39 is 0 Å². The van der Waals surface area contributed by atoms with Crippen molar-refractivity contribution in [3.8, 4) is 0 Å². The van der Waals surface area contributed by atoms with Gasteiger partial charge in [0.1, 0.15) is 10.6 Å². The van der Waals surface area contributed by atoms with E-state index in [4.69, 9.17) is 4.74 Å². The zero-order chi connectivity index (χ0) is 20.0. The Morgan fingerprint density at radius 3 is 2.85 bits per heavy atom. The van der Waals surface area contributed by atoms with Crippen LogP contribution in [0.4, 0.5) is 5.69 Å². The SMILES string of the molecule is C=C/C(OC)=C(Br)\C=C\N(C=NC)C(=O)c1cc2c(NC)c(Br)cnc2s1. The lowest BCUT2D eigenvalue weighted by Crippen LogP contribution is -2.23. The number of aromatic nitrogens is 1. The number of hydrogen-bond donors (Lipinski definition) is 1. The molecule has 0 bridgehead atoms. The van der Waals surface area contributed by atoms with Crippen molar-refractivity contribution in [1.82, 2.24) is 9.88 Å². The summed E-state index contributed by atoms with van der Waals surface area (Å²) in [6, 6.07) is 1.82. The molecule has 0 spiro atoms. The molecule has 1 amide bonds. The average Bonchev–Trinajstić information content (AvgIpc) is 3.09. The van der Waals surface area contributed by atoms with E-state index in [1.807, 2.05) is 13.1 Å². The minimum Gasteiger partial charge on any atom is -0.496 e. The lowest BCUT2D eigenvalue weighted by Gasteiger charge is -2.11. The fourth-order valence-corrected chi connectivity index (χ4v) is 4.15. The number of methoxy groups -OCH3 is 1. The van der Waals surface area contributed by atoms with Crippen LogP contribution in [-0.4, -0.2) is 43.3 Å². The summed E-state index contributed by atoms with van der Waals surface area (Å²) in [5.41, 5.74) is 0.892. The van der Waals surface area contributed by atoms with Crippen molar-refractivity contribution in [3.05, 3.63) is 56.8 Å². The second kappa shape index (κ2) is 9.82. The summed E-state index contributed by atoms with van der Waals surface area (Å²) in [6.07, 6.45) is 8.04. The highest BCUT2D eigenvalue weighted by Gasteiger charge is 2.18. The Morgan fingerprint density at radius 1 is 1.52 bits per heavy atom. The van der Waals surface area contributed by atoms with Crippen molar-refractivity contribution in [2.45, 2.75) is 0 Å². The van der Waals surface area contributed by atoms with Gasteiger partial charge in [-0.3, -0.25) is 14.7 Å². The molecule has 6 nitrogen and oxygen atoms in total. The van der Waals surface area contributed by atoms with Crippen LogP contribution in [0.1, 0.15) is 9.67 Å². The number of thiophene rings is 1. The van der Waals surface area contributed by atoms with Gasteiger partial charge in [0.15, 0.2) is 0 Å². The normalized spacial score (nSPS) is 12.5. The monoisotopic (exact) mass is 512 g/mol. The number of amides is 1. The number of nitrogens with one attached hydrogen (secondary N) is 1. The van der Waals surface area contributed by atoms with Crippen LogP contribution in [0.3, 0.4) is 0 Å². The van der Waals surface area contributed by atoms with Crippen LogP contribution in [0.15, 0.2) is 56.9 Å². The third kappa shape index (κ3) is 4.85. The van der Waals surface area contributed by atoms with Gasteiger partial charge in [0.2, 0.25) is 0 Å². The van der Waals surface area contributed by atoms with Crippen LogP contribution in [0.2, 0.25) is 0 Å². The van der Waals surface area contributed by atoms with Gasteiger partial charge in [-0.25, -0.2) is 4.98 Å². The number of halogens is 2. The van der Waals surface area contributed by atoms with Gasteiger partial charge < -0.3 is 10.1 Å². The topological polar surface area (TPSA) is 66.8 Å². The largest absolute Gasteiger partial charge is 0.496 e. The first kappa shape index (κ1) is 21.3. The van der Waals surface area contributed by atoms with Gasteiger partial charge >= 0.3 is 0 Å². The van der Waals surface area contributed by atoms with Crippen molar-refractivity contribution in [3.63, 3.8) is 0 Å². The number of hydrogen-bond acceptors (Lipinski definition) is 6. The van der Waals surface area contributed by atoms with Gasteiger partial charge in [0.25, 0.3) is 5.91 Å². The van der Waals surface area contributed by atoms with E-state index in [2.05, 4.69) is 53.7 Å². The number of rotatable bonds is 7. The molecule has 0 aliphatic heterocycles. The maximum atomic E-state index is 13.0. The number of carbonyl (C=O) groups is 1. The minimum absolute atomic E-state index is 0.212. The van der Waals surface area contributed by atoms with Crippen LogP contribution in [0.5, 0.6) is 0 Å². The molecule has 0 saturated heterocycles. The average molecular weight is 514 g/mol. The molecule has 0 radical (unpaired) electrons. The number of carbonyl (C=O) groups excluding carboxylic acids is 1. The molecule has 2 aromatic heterocycles. The van der Waals surface area contributed by atoms with Crippen LogP contribution in [-0.2, 0) is 4.74 Å². The smallest absolute Gasteiger partial charge is 0.273 e. The van der Waals surface area contributed by atoms with E-state index in [0.717, 1.165) is 20.4 Å². The molecule has 9 heteroatoms. The highest BCUT2D eigenvalue weighted by Crippen LogP contribution is 2.35. The Kier molecular flexibility index (Phi) is 7.76. The highest BCUT2D eigenvalue weighted by atomic mass is 79.9. The summed E-state index contributed by atoms with van der Waals surface area (Å²) in [7, 11) is 4.98. The summed E-state index contributed by atoms with van der Waals surface area (Å²) in [4.78, 5) is 24.0. The molecule has 0 aromatic carbocycles. The molecule has 1 N–H and O–H groups in total. The van der Waals surface area contributed by atoms with E-state index in [0.29, 0.717) is 15.1 Å². The Bertz CT molecular complexity index is 950. The van der Waals surface area contributed by atoms with Gasteiger partial charge in [-0.1, -0.05) is 6.58 Å². The molecule has 2 rings (SSSR count). The predicted molar refractivity (Wildman–Crippen MR) is 120 cm³/mol. The summed E-state index contributed by atoms with van der Waals surface area (Å²) in [6.45, 7) is 3.68. The molecule has 27 heavy (non-hydrogen) atoms. The third-order valence-corrected chi connectivity index (χ3v) is 5.76. The number of nitrogens with zero attached hydrogens (tertiary/aromatic N) is 3. The van der Waals surface area contributed by atoms with E-state index in [1.165, 1.54) is 22.6 Å². The summed E-state index contributed by atoms with van der Waals surface area (Å²) >= 11 is 8.19. The van der Waals surface area contributed by atoms with Crippen molar-refractivity contribution in [2.75, 3.05) is 26.5 Å². The van der Waals surface area contributed by atoms with Crippen LogP contribution >= 0.6 is 43.2 Å². The Morgan fingerprint density at radius 2 is 2.26 bits per heavy atom. The quantitative estimate of drug-likeness (QED) is 0.240. The lowest BCUT2D eigenvalue weighted by molar-refractivity contribution is 0.0896. The second-order valence-electron chi connectivity index (χ2n) is 5.08. The molecular formula is C18H18Br2N4O2S. The molecule has 142 valence electrons. The molecule has 2 aromatic rings. The second-order valence-corrected chi connectivity index (χ2v) is 7.82. The van der Waals surface area contributed by atoms with Crippen molar-refractivity contribution in [2.24, 2.45) is 4.99 Å². The fraction of sp³-hybridized carbons (Fsp3) is 0.167. The number of pyridine rings is 1. The van der Waals surface area contributed by atoms with E-state index in [-0.39, 0.29) is 5.91 Å². The van der Waals surface area contributed by atoms with E-state index in [9.17, 15) is 4.79 Å². The maximum absolute atomic E-state index is 13.0. The minimum atomic E-state index is -0.212. The maximum Gasteiger partial charge on any atom is 0.273 e. The molecule has 0 unspecified atom stereocenters. The first-order valence-electron chi connectivity index (χ1n) is 7.71. The molecule has 0 fully saturated rings. The van der Waals surface area contributed by atoms with E-state index in [1.54, 1.807) is 38.7 Å². The van der Waals surface area contributed by atoms with Crippen molar-refractivity contribution in [1.29, 1.82) is 0 Å². The van der Waals surface area contributed by atoms with Crippen LogP contribution in [0.25, 0.3) is 10.2 Å².